The number of amides is 2. The van der Waals surface area contributed by atoms with E-state index < -0.39 is 0 Å². The molecule has 0 aromatic carbocycles. The van der Waals surface area contributed by atoms with Crippen molar-refractivity contribution in [2.24, 2.45) is 0 Å². The fraction of sp³-hybridized carbons (Fsp3) is 0.909. The molecule has 15 heavy (non-hydrogen) atoms. The molecule has 0 saturated carbocycles. The fourth-order valence-electron chi connectivity index (χ4n) is 1.59. The number of carbonyl (C=O) groups is 1. The SMILES string of the molecule is CC(C)(C)NC(=O)NC1(C)CCOCC1. The summed E-state index contributed by atoms with van der Waals surface area (Å²) in [5.74, 6) is 0. The Labute approximate surface area is 91.8 Å². The van der Waals surface area contributed by atoms with E-state index in [1.54, 1.807) is 0 Å². The van der Waals surface area contributed by atoms with Gasteiger partial charge in [0.05, 0.1) is 0 Å². The third kappa shape index (κ3) is 4.51. The molecule has 1 heterocycles. The van der Waals surface area contributed by atoms with Gasteiger partial charge in [-0.2, -0.15) is 0 Å². The second-order valence-electron chi connectivity index (χ2n) is 5.50. The molecule has 0 unspecified atom stereocenters. The smallest absolute Gasteiger partial charge is 0.315 e. The summed E-state index contributed by atoms with van der Waals surface area (Å²) in [5.41, 5.74) is -0.306. The Kier molecular flexibility index (Phi) is 3.60. The van der Waals surface area contributed by atoms with Crippen LogP contribution >= 0.6 is 0 Å². The summed E-state index contributed by atoms with van der Waals surface area (Å²) in [5, 5.41) is 5.92. The van der Waals surface area contributed by atoms with E-state index in [1.165, 1.54) is 0 Å². The minimum Gasteiger partial charge on any atom is -0.381 e. The predicted octanol–water partition coefficient (Wildman–Crippen LogP) is 1.65. The maximum atomic E-state index is 11.7. The Hall–Kier alpha value is -0.770. The Morgan fingerprint density at radius 3 is 2.27 bits per heavy atom. The molecule has 1 rings (SSSR count). The Morgan fingerprint density at radius 2 is 1.80 bits per heavy atom. The van der Waals surface area contributed by atoms with Crippen molar-refractivity contribution in [3.63, 3.8) is 0 Å². The number of rotatable bonds is 1. The monoisotopic (exact) mass is 214 g/mol. The first-order valence-corrected chi connectivity index (χ1v) is 5.49. The van der Waals surface area contributed by atoms with Crippen molar-refractivity contribution in [2.75, 3.05) is 13.2 Å². The number of urea groups is 1. The minimum absolute atomic E-state index is 0.0908. The second-order valence-corrected chi connectivity index (χ2v) is 5.50. The van der Waals surface area contributed by atoms with Gasteiger partial charge in [-0.3, -0.25) is 0 Å². The standard InChI is InChI=1S/C11H22N2O2/c1-10(2,3)12-9(14)13-11(4)5-7-15-8-6-11/h5-8H2,1-4H3,(H2,12,13,14). The predicted molar refractivity (Wildman–Crippen MR) is 59.9 cm³/mol. The van der Waals surface area contributed by atoms with Gasteiger partial charge in [-0.15, -0.1) is 0 Å². The average molecular weight is 214 g/mol. The van der Waals surface area contributed by atoms with Crippen LogP contribution in [0, 0.1) is 0 Å². The van der Waals surface area contributed by atoms with Gasteiger partial charge in [0.25, 0.3) is 0 Å². The van der Waals surface area contributed by atoms with Crippen LogP contribution in [0.2, 0.25) is 0 Å². The van der Waals surface area contributed by atoms with Crippen LogP contribution in [0.15, 0.2) is 0 Å². The minimum atomic E-state index is -0.189. The lowest BCUT2D eigenvalue weighted by Crippen LogP contribution is -2.56. The van der Waals surface area contributed by atoms with Crippen molar-refractivity contribution in [3.8, 4) is 0 Å². The first-order chi connectivity index (χ1) is 6.81. The van der Waals surface area contributed by atoms with E-state index in [1.807, 2.05) is 20.8 Å². The van der Waals surface area contributed by atoms with Crippen LogP contribution < -0.4 is 10.6 Å². The molecule has 1 saturated heterocycles. The van der Waals surface area contributed by atoms with Gasteiger partial charge >= 0.3 is 6.03 Å². The van der Waals surface area contributed by atoms with Crippen molar-refractivity contribution in [1.29, 1.82) is 0 Å². The van der Waals surface area contributed by atoms with Crippen LogP contribution in [-0.4, -0.2) is 30.3 Å². The highest BCUT2D eigenvalue weighted by molar-refractivity contribution is 5.75. The van der Waals surface area contributed by atoms with E-state index >= 15 is 0 Å². The fourth-order valence-corrected chi connectivity index (χ4v) is 1.59. The summed E-state index contributed by atoms with van der Waals surface area (Å²) in [6.45, 7) is 9.44. The van der Waals surface area contributed by atoms with Crippen LogP contribution in [0.25, 0.3) is 0 Å². The van der Waals surface area contributed by atoms with Crippen LogP contribution in [0.5, 0.6) is 0 Å². The van der Waals surface area contributed by atoms with E-state index in [0.717, 1.165) is 26.1 Å². The van der Waals surface area contributed by atoms with E-state index in [2.05, 4.69) is 17.6 Å². The molecule has 0 aromatic rings. The van der Waals surface area contributed by atoms with Gasteiger partial charge in [0.15, 0.2) is 0 Å². The van der Waals surface area contributed by atoms with Crippen molar-refractivity contribution >= 4 is 6.03 Å². The zero-order chi connectivity index (χ0) is 11.5. The summed E-state index contributed by atoms with van der Waals surface area (Å²) in [7, 11) is 0. The van der Waals surface area contributed by atoms with Gasteiger partial charge in [0.2, 0.25) is 0 Å². The second kappa shape index (κ2) is 4.39. The van der Waals surface area contributed by atoms with Crippen molar-refractivity contribution in [3.05, 3.63) is 0 Å². The molecule has 0 spiro atoms. The number of ether oxygens (including phenoxy) is 1. The highest BCUT2D eigenvalue weighted by Gasteiger charge is 2.29. The molecule has 1 aliphatic rings. The summed E-state index contributed by atoms with van der Waals surface area (Å²) in [4.78, 5) is 11.7. The lowest BCUT2D eigenvalue weighted by molar-refractivity contribution is 0.0489. The maximum Gasteiger partial charge on any atom is 0.315 e. The van der Waals surface area contributed by atoms with Gasteiger partial charge in [-0.25, -0.2) is 4.79 Å². The summed E-state index contributed by atoms with van der Waals surface area (Å²) in [6, 6.07) is -0.0908. The van der Waals surface area contributed by atoms with E-state index in [0.29, 0.717) is 0 Å². The van der Waals surface area contributed by atoms with Crippen LogP contribution in [-0.2, 0) is 4.74 Å². The molecule has 0 radical (unpaired) electrons. The molecular formula is C11H22N2O2. The lowest BCUT2D eigenvalue weighted by atomic mass is 9.93. The van der Waals surface area contributed by atoms with Crippen LogP contribution in [0.3, 0.4) is 0 Å². The van der Waals surface area contributed by atoms with E-state index in [9.17, 15) is 4.79 Å². The van der Waals surface area contributed by atoms with Gasteiger partial charge in [-0.05, 0) is 40.5 Å². The zero-order valence-electron chi connectivity index (χ0n) is 10.1. The Bertz CT molecular complexity index is 227. The third-order valence-corrected chi connectivity index (χ3v) is 2.50. The molecule has 88 valence electrons. The molecule has 4 nitrogen and oxygen atoms in total. The molecule has 2 N–H and O–H groups in total. The molecule has 0 bridgehead atoms. The first-order valence-electron chi connectivity index (χ1n) is 5.49. The Morgan fingerprint density at radius 1 is 1.27 bits per heavy atom. The van der Waals surface area contributed by atoms with E-state index in [-0.39, 0.29) is 17.1 Å². The Balaban J connectivity index is 2.42. The van der Waals surface area contributed by atoms with E-state index in [4.69, 9.17) is 4.74 Å². The number of carbonyl (C=O) groups excluding carboxylic acids is 1. The molecular weight excluding hydrogens is 192 g/mol. The largest absolute Gasteiger partial charge is 0.381 e. The lowest BCUT2D eigenvalue weighted by Gasteiger charge is -2.35. The van der Waals surface area contributed by atoms with Crippen molar-refractivity contribution in [2.45, 2.75) is 51.6 Å². The third-order valence-electron chi connectivity index (χ3n) is 2.50. The van der Waals surface area contributed by atoms with Gasteiger partial charge < -0.3 is 15.4 Å². The summed E-state index contributed by atoms with van der Waals surface area (Å²) >= 11 is 0. The molecule has 0 aromatic heterocycles. The highest BCUT2D eigenvalue weighted by Crippen LogP contribution is 2.19. The quantitative estimate of drug-likeness (QED) is 0.697. The van der Waals surface area contributed by atoms with Gasteiger partial charge in [-0.1, -0.05) is 0 Å². The van der Waals surface area contributed by atoms with Gasteiger partial charge in [0, 0.05) is 24.3 Å². The first kappa shape index (κ1) is 12.3. The highest BCUT2D eigenvalue weighted by atomic mass is 16.5. The molecule has 2 amide bonds. The van der Waals surface area contributed by atoms with Crippen LogP contribution in [0.1, 0.15) is 40.5 Å². The number of hydrogen-bond donors (Lipinski definition) is 2. The normalized spacial score (nSPS) is 20.8. The van der Waals surface area contributed by atoms with Crippen molar-refractivity contribution < 1.29 is 9.53 Å². The zero-order valence-corrected chi connectivity index (χ0v) is 10.1. The van der Waals surface area contributed by atoms with Gasteiger partial charge in [0.1, 0.15) is 0 Å². The van der Waals surface area contributed by atoms with Crippen molar-refractivity contribution in [1.82, 2.24) is 10.6 Å². The molecule has 1 aliphatic heterocycles. The average Bonchev–Trinajstić information content (AvgIpc) is 1.99. The van der Waals surface area contributed by atoms with Crippen LogP contribution in [0.4, 0.5) is 4.79 Å². The summed E-state index contributed by atoms with van der Waals surface area (Å²) < 4.78 is 5.28. The topological polar surface area (TPSA) is 50.4 Å². The molecule has 1 fully saturated rings. The number of nitrogens with one attached hydrogen (secondary N) is 2. The molecule has 0 atom stereocenters. The number of hydrogen-bond acceptors (Lipinski definition) is 2. The molecule has 0 aliphatic carbocycles. The summed E-state index contributed by atoms with van der Waals surface area (Å²) in [6.07, 6.45) is 1.76. The maximum absolute atomic E-state index is 11.7. The molecule has 4 heteroatoms.